The van der Waals surface area contributed by atoms with E-state index in [0.717, 1.165) is 64.1 Å². The van der Waals surface area contributed by atoms with E-state index in [2.05, 4.69) is 22.9 Å². The van der Waals surface area contributed by atoms with E-state index >= 15 is 0 Å². The number of carbonyl (C=O) groups excluding carboxylic acids is 4. The van der Waals surface area contributed by atoms with Gasteiger partial charge in [-0.15, -0.1) is 0 Å². The molecule has 0 saturated heterocycles. The third-order valence-corrected chi connectivity index (χ3v) is 7.62. The maximum absolute atomic E-state index is 13.7. The summed E-state index contributed by atoms with van der Waals surface area (Å²) < 4.78 is 0. The molecule has 0 radical (unpaired) electrons. The van der Waals surface area contributed by atoms with Gasteiger partial charge in [-0.2, -0.15) is 0 Å². The molecule has 0 aromatic rings. The van der Waals surface area contributed by atoms with Gasteiger partial charge in [-0.05, 0) is 43.9 Å². The van der Waals surface area contributed by atoms with Crippen LogP contribution in [0.1, 0.15) is 131 Å². The summed E-state index contributed by atoms with van der Waals surface area (Å²) in [7, 11) is 0. The van der Waals surface area contributed by atoms with Gasteiger partial charge in [-0.1, -0.05) is 92.4 Å². The highest BCUT2D eigenvalue weighted by Crippen LogP contribution is 2.37. The van der Waals surface area contributed by atoms with Gasteiger partial charge in [0.05, 0.1) is 0 Å². The smallest absolute Gasteiger partial charge is 0.243 e. The average Bonchev–Trinajstić information content (AvgIpc) is 2.83. The van der Waals surface area contributed by atoms with Gasteiger partial charge in [0, 0.05) is 18.4 Å². The van der Waals surface area contributed by atoms with Crippen LogP contribution in [0, 0.1) is 17.3 Å². The van der Waals surface area contributed by atoms with Crippen LogP contribution in [0.4, 0.5) is 0 Å². The van der Waals surface area contributed by atoms with Crippen LogP contribution in [0.5, 0.6) is 0 Å². The topological polar surface area (TPSA) is 104 Å². The fourth-order valence-electron chi connectivity index (χ4n) is 5.57. The maximum Gasteiger partial charge on any atom is 0.243 e. The molecule has 1 aliphatic carbocycles. The lowest BCUT2D eigenvalue weighted by atomic mass is 9.71. The van der Waals surface area contributed by atoms with Crippen molar-refractivity contribution in [3.63, 3.8) is 0 Å². The minimum atomic E-state index is -0.719. The van der Waals surface area contributed by atoms with Crippen molar-refractivity contribution in [1.29, 1.82) is 0 Å². The molecule has 0 unspecified atom stereocenters. The molecule has 0 heterocycles. The molecule has 37 heavy (non-hydrogen) atoms. The molecule has 214 valence electrons. The van der Waals surface area contributed by atoms with E-state index in [-0.39, 0.29) is 35.6 Å². The predicted molar refractivity (Wildman–Crippen MR) is 150 cm³/mol. The summed E-state index contributed by atoms with van der Waals surface area (Å²) in [6, 6.07) is -1.65. The largest absolute Gasteiger partial charge is 0.351 e. The van der Waals surface area contributed by atoms with Crippen LogP contribution in [-0.4, -0.2) is 42.1 Å². The molecule has 1 fully saturated rings. The average molecular weight is 522 g/mol. The van der Waals surface area contributed by atoms with Crippen molar-refractivity contribution in [2.45, 2.75) is 150 Å². The van der Waals surface area contributed by atoms with Gasteiger partial charge in [-0.25, -0.2) is 0 Å². The minimum absolute atomic E-state index is 0.183. The Morgan fingerprint density at radius 3 is 1.65 bits per heavy atom. The Morgan fingerprint density at radius 1 is 0.757 bits per heavy atom. The van der Waals surface area contributed by atoms with Crippen molar-refractivity contribution in [2.24, 2.45) is 17.3 Å². The van der Waals surface area contributed by atoms with Crippen molar-refractivity contribution in [2.75, 3.05) is 0 Å². The Morgan fingerprint density at radius 2 is 1.22 bits per heavy atom. The summed E-state index contributed by atoms with van der Waals surface area (Å²) in [5.74, 6) is -0.443. The Balaban J connectivity index is 3.16. The van der Waals surface area contributed by atoms with E-state index in [9.17, 15) is 19.2 Å². The second kappa shape index (κ2) is 17.6. The normalized spacial score (nSPS) is 18.9. The van der Waals surface area contributed by atoms with E-state index < -0.39 is 17.5 Å². The van der Waals surface area contributed by atoms with Gasteiger partial charge >= 0.3 is 0 Å². The van der Waals surface area contributed by atoms with Crippen molar-refractivity contribution < 1.29 is 19.2 Å². The maximum atomic E-state index is 13.7. The summed E-state index contributed by atoms with van der Waals surface area (Å²) in [5.41, 5.74) is -0.565. The first kappa shape index (κ1) is 33.1. The van der Waals surface area contributed by atoms with Gasteiger partial charge in [0.1, 0.15) is 18.4 Å². The van der Waals surface area contributed by atoms with E-state index in [0.29, 0.717) is 12.8 Å². The molecule has 3 amide bonds. The second-order valence-electron chi connectivity index (χ2n) is 12.1. The zero-order chi connectivity index (χ0) is 27.8. The summed E-state index contributed by atoms with van der Waals surface area (Å²) in [5, 5.41) is 8.94. The number of rotatable bonds is 14. The number of hydrogen-bond donors (Lipinski definition) is 3. The van der Waals surface area contributed by atoms with E-state index in [1.807, 2.05) is 27.7 Å². The molecule has 0 spiro atoms. The van der Waals surface area contributed by atoms with Crippen LogP contribution in [-0.2, 0) is 19.2 Å². The lowest BCUT2D eigenvalue weighted by Gasteiger charge is -2.39. The Bertz CT molecular complexity index is 697. The molecule has 7 heteroatoms. The number of carbonyl (C=O) groups is 4. The summed E-state index contributed by atoms with van der Waals surface area (Å²) in [6.45, 7) is 11.6. The SMILES string of the molecule is CCCC[C@H](NC(=O)[C@H](CC(C)C)NC(=O)[C@H](CC(C)C)NC(C)=O)C1(C=O)CCCCCCCCC1. The first-order valence-electron chi connectivity index (χ1n) is 14.9. The molecular weight excluding hydrogens is 466 g/mol. The molecule has 1 aliphatic rings. The number of nitrogens with one attached hydrogen (secondary N) is 3. The summed E-state index contributed by atoms with van der Waals surface area (Å²) in [4.78, 5) is 51.3. The number of hydrogen-bond acceptors (Lipinski definition) is 4. The molecule has 0 aromatic heterocycles. The minimum Gasteiger partial charge on any atom is -0.351 e. The van der Waals surface area contributed by atoms with Gasteiger partial charge in [0.2, 0.25) is 17.7 Å². The fourth-order valence-corrected chi connectivity index (χ4v) is 5.57. The van der Waals surface area contributed by atoms with Crippen LogP contribution in [0.2, 0.25) is 0 Å². The molecule has 3 atom stereocenters. The Kier molecular flexibility index (Phi) is 15.7. The molecule has 0 bridgehead atoms. The first-order chi connectivity index (χ1) is 17.5. The molecule has 7 nitrogen and oxygen atoms in total. The van der Waals surface area contributed by atoms with E-state index in [4.69, 9.17) is 0 Å². The van der Waals surface area contributed by atoms with E-state index in [1.165, 1.54) is 26.2 Å². The van der Waals surface area contributed by atoms with Crippen molar-refractivity contribution in [3.8, 4) is 0 Å². The second-order valence-corrected chi connectivity index (χ2v) is 12.1. The highest BCUT2D eigenvalue weighted by Gasteiger charge is 2.40. The molecule has 0 aliphatic heterocycles. The molecule has 1 rings (SSSR count). The van der Waals surface area contributed by atoms with Crippen LogP contribution in [0.15, 0.2) is 0 Å². The molecular formula is C30H55N3O4. The molecule has 0 aromatic carbocycles. The van der Waals surface area contributed by atoms with E-state index in [1.54, 1.807) is 0 Å². The van der Waals surface area contributed by atoms with Crippen molar-refractivity contribution in [3.05, 3.63) is 0 Å². The lowest BCUT2D eigenvalue weighted by molar-refractivity contribution is -0.133. The Labute approximate surface area is 226 Å². The highest BCUT2D eigenvalue weighted by atomic mass is 16.2. The third-order valence-electron chi connectivity index (χ3n) is 7.62. The van der Waals surface area contributed by atoms with Crippen molar-refractivity contribution >= 4 is 24.0 Å². The van der Waals surface area contributed by atoms with Gasteiger partial charge in [0.25, 0.3) is 0 Å². The van der Waals surface area contributed by atoms with Crippen LogP contribution < -0.4 is 16.0 Å². The summed E-state index contributed by atoms with van der Waals surface area (Å²) >= 11 is 0. The van der Waals surface area contributed by atoms with Gasteiger partial charge in [0.15, 0.2) is 0 Å². The molecule has 3 N–H and O–H groups in total. The highest BCUT2D eigenvalue weighted by molar-refractivity contribution is 5.92. The number of unbranched alkanes of at least 4 members (excludes halogenated alkanes) is 1. The van der Waals surface area contributed by atoms with Crippen molar-refractivity contribution in [1.82, 2.24) is 16.0 Å². The number of amides is 3. The zero-order valence-electron chi connectivity index (χ0n) is 24.5. The zero-order valence-corrected chi connectivity index (χ0v) is 24.5. The Hall–Kier alpha value is -1.92. The van der Waals surface area contributed by atoms with Gasteiger partial charge in [-0.3, -0.25) is 14.4 Å². The monoisotopic (exact) mass is 521 g/mol. The quantitative estimate of drug-likeness (QED) is 0.264. The third kappa shape index (κ3) is 12.4. The van der Waals surface area contributed by atoms with Crippen LogP contribution in [0.25, 0.3) is 0 Å². The van der Waals surface area contributed by atoms with Gasteiger partial charge < -0.3 is 20.7 Å². The predicted octanol–water partition coefficient (Wildman–Crippen LogP) is 5.45. The first-order valence-corrected chi connectivity index (χ1v) is 14.9. The number of aldehydes is 1. The molecule has 1 saturated carbocycles. The lowest BCUT2D eigenvalue weighted by Crippen LogP contribution is -2.57. The van der Waals surface area contributed by atoms with Crippen LogP contribution >= 0.6 is 0 Å². The summed E-state index contributed by atoms with van der Waals surface area (Å²) in [6.07, 6.45) is 14.3. The van der Waals surface area contributed by atoms with Crippen LogP contribution in [0.3, 0.4) is 0 Å². The fraction of sp³-hybridized carbons (Fsp3) is 0.867. The standard InChI is InChI=1S/C30H55N3O4/c1-7-8-16-27(30(21-34)17-14-12-10-9-11-13-15-18-30)33-29(37)26(20-23(4)5)32-28(36)25(19-22(2)3)31-24(6)35/h21-23,25-27H,7-20H2,1-6H3,(H,31,35)(H,32,36)(H,33,37)/t25-,26-,27-/m0/s1.